The Morgan fingerprint density at radius 2 is 1.76 bits per heavy atom. The smallest absolute Gasteiger partial charge is 0.349 e. The summed E-state index contributed by atoms with van der Waals surface area (Å²) in [5, 5.41) is 2.63. The molecule has 2 aromatic rings. The highest BCUT2D eigenvalue weighted by Crippen LogP contribution is 2.45. The Bertz CT molecular complexity index is 1080. The van der Waals surface area contributed by atoms with Crippen molar-refractivity contribution in [1.29, 1.82) is 0 Å². The molecule has 0 atom stereocenters. The molecule has 0 radical (unpaired) electrons. The van der Waals surface area contributed by atoms with E-state index in [1.165, 1.54) is 18.2 Å². The fourth-order valence-electron chi connectivity index (χ4n) is 4.44. The molecule has 176 valence electrons. The SMILES string of the molecule is O=C(N[C@H]1CC[C@H](CN2C(=O)C(F)(F)c3ccccc32)CC1)c1cc(C(F)(F)F)ccc1Cl. The molecule has 0 spiro atoms. The number of hydrogen-bond donors (Lipinski definition) is 1. The van der Waals surface area contributed by atoms with Gasteiger partial charge in [-0.2, -0.15) is 22.0 Å². The molecule has 2 aromatic carbocycles. The quantitative estimate of drug-likeness (QED) is 0.556. The molecule has 0 bridgehead atoms. The zero-order valence-corrected chi connectivity index (χ0v) is 18.0. The Hall–Kier alpha value is -2.68. The van der Waals surface area contributed by atoms with Crippen LogP contribution in [0.1, 0.15) is 47.2 Å². The summed E-state index contributed by atoms with van der Waals surface area (Å²) in [4.78, 5) is 25.9. The third-order valence-electron chi connectivity index (χ3n) is 6.21. The maximum atomic E-state index is 14.3. The van der Waals surface area contributed by atoms with Gasteiger partial charge in [0.25, 0.3) is 5.91 Å². The predicted octanol–water partition coefficient (Wildman–Crippen LogP) is 5.79. The number of carbonyl (C=O) groups excluding carboxylic acids is 2. The summed E-state index contributed by atoms with van der Waals surface area (Å²) >= 11 is 5.93. The van der Waals surface area contributed by atoms with Crippen LogP contribution in [0.4, 0.5) is 27.6 Å². The molecule has 0 unspecified atom stereocenters. The van der Waals surface area contributed by atoms with Crippen LogP contribution in [0.15, 0.2) is 42.5 Å². The minimum absolute atomic E-state index is 0.0406. The topological polar surface area (TPSA) is 49.4 Å². The van der Waals surface area contributed by atoms with Crippen molar-refractivity contribution in [2.45, 2.75) is 43.8 Å². The number of halogens is 6. The Kier molecular flexibility index (Phi) is 6.11. The van der Waals surface area contributed by atoms with Crippen molar-refractivity contribution in [2.75, 3.05) is 11.4 Å². The first kappa shape index (κ1) is 23.5. The summed E-state index contributed by atoms with van der Waals surface area (Å²) < 4.78 is 67.5. The van der Waals surface area contributed by atoms with Crippen molar-refractivity contribution in [3.05, 3.63) is 64.2 Å². The van der Waals surface area contributed by atoms with E-state index in [0.717, 1.165) is 23.1 Å². The fraction of sp³-hybridized carbons (Fsp3) is 0.391. The molecule has 0 saturated heterocycles. The minimum atomic E-state index is -4.60. The molecule has 10 heteroatoms. The van der Waals surface area contributed by atoms with Gasteiger partial charge in [-0.3, -0.25) is 9.59 Å². The monoisotopic (exact) mass is 486 g/mol. The van der Waals surface area contributed by atoms with Crippen molar-refractivity contribution in [1.82, 2.24) is 5.32 Å². The van der Waals surface area contributed by atoms with Crippen LogP contribution in [0.2, 0.25) is 5.02 Å². The molecule has 2 aliphatic rings. The molecule has 0 aromatic heterocycles. The van der Waals surface area contributed by atoms with Gasteiger partial charge in [0.1, 0.15) is 0 Å². The second-order valence-electron chi connectivity index (χ2n) is 8.39. The number of para-hydroxylation sites is 1. The van der Waals surface area contributed by atoms with Gasteiger partial charge in [-0.1, -0.05) is 29.8 Å². The van der Waals surface area contributed by atoms with E-state index in [1.54, 1.807) is 6.07 Å². The predicted molar refractivity (Wildman–Crippen MR) is 112 cm³/mol. The van der Waals surface area contributed by atoms with Gasteiger partial charge in [0.15, 0.2) is 0 Å². The summed E-state index contributed by atoms with van der Waals surface area (Å²) in [5.41, 5.74) is -1.31. The molecule has 1 aliphatic heterocycles. The number of nitrogens with zero attached hydrogens (tertiary/aromatic N) is 1. The van der Waals surface area contributed by atoms with Crippen LogP contribution in [0.3, 0.4) is 0 Å². The molecule has 1 saturated carbocycles. The van der Waals surface area contributed by atoms with Gasteiger partial charge in [-0.05, 0) is 55.9 Å². The Labute approximate surface area is 191 Å². The van der Waals surface area contributed by atoms with Crippen LogP contribution in [0.5, 0.6) is 0 Å². The molecule has 1 aliphatic carbocycles. The van der Waals surface area contributed by atoms with Gasteiger partial charge in [0.05, 0.1) is 27.4 Å². The van der Waals surface area contributed by atoms with Gasteiger partial charge >= 0.3 is 18.0 Å². The highest BCUT2D eigenvalue weighted by atomic mass is 35.5. The van der Waals surface area contributed by atoms with Crippen molar-refractivity contribution < 1.29 is 31.5 Å². The summed E-state index contributed by atoms with van der Waals surface area (Å²) in [5.74, 6) is -5.52. The van der Waals surface area contributed by atoms with Crippen molar-refractivity contribution >= 4 is 29.1 Å². The Morgan fingerprint density at radius 3 is 2.42 bits per heavy atom. The molecule has 2 amide bonds. The number of amides is 2. The van der Waals surface area contributed by atoms with E-state index in [2.05, 4.69) is 5.32 Å². The molecule has 4 rings (SSSR count). The average molecular weight is 487 g/mol. The van der Waals surface area contributed by atoms with E-state index in [9.17, 15) is 31.5 Å². The van der Waals surface area contributed by atoms with E-state index in [-0.39, 0.29) is 40.3 Å². The van der Waals surface area contributed by atoms with Gasteiger partial charge in [0, 0.05) is 12.6 Å². The molecular weight excluding hydrogens is 467 g/mol. The van der Waals surface area contributed by atoms with E-state index in [0.29, 0.717) is 25.7 Å². The van der Waals surface area contributed by atoms with Crippen molar-refractivity contribution in [3.63, 3.8) is 0 Å². The lowest BCUT2D eigenvalue weighted by Crippen LogP contribution is -2.42. The van der Waals surface area contributed by atoms with Crippen LogP contribution in [-0.4, -0.2) is 24.4 Å². The third kappa shape index (κ3) is 4.55. The number of benzene rings is 2. The maximum absolute atomic E-state index is 14.3. The number of carbonyl (C=O) groups is 2. The lowest BCUT2D eigenvalue weighted by atomic mass is 9.85. The van der Waals surface area contributed by atoms with E-state index in [4.69, 9.17) is 11.6 Å². The van der Waals surface area contributed by atoms with Gasteiger partial charge in [-0.25, -0.2) is 0 Å². The van der Waals surface area contributed by atoms with Gasteiger partial charge in [0.2, 0.25) is 0 Å². The highest BCUT2D eigenvalue weighted by molar-refractivity contribution is 6.33. The number of anilines is 1. The second-order valence-corrected chi connectivity index (χ2v) is 8.80. The van der Waals surface area contributed by atoms with Crippen LogP contribution in [-0.2, 0) is 16.9 Å². The molecule has 1 N–H and O–H groups in total. The molecule has 1 fully saturated rings. The lowest BCUT2D eigenvalue weighted by molar-refractivity contribution is -0.141. The lowest BCUT2D eigenvalue weighted by Gasteiger charge is -2.32. The molecule has 4 nitrogen and oxygen atoms in total. The van der Waals surface area contributed by atoms with E-state index < -0.39 is 29.5 Å². The largest absolute Gasteiger partial charge is 0.416 e. The maximum Gasteiger partial charge on any atom is 0.416 e. The highest BCUT2D eigenvalue weighted by Gasteiger charge is 2.52. The van der Waals surface area contributed by atoms with Gasteiger partial charge < -0.3 is 10.2 Å². The molecule has 33 heavy (non-hydrogen) atoms. The average Bonchev–Trinajstić information content (AvgIpc) is 2.95. The number of alkyl halides is 5. The van der Waals surface area contributed by atoms with Gasteiger partial charge in [-0.15, -0.1) is 0 Å². The standard InChI is InChI=1S/C23H20ClF5N2O2/c24-18-10-7-14(23(27,28)29)11-16(18)20(32)30-15-8-5-13(6-9-15)12-31-19-4-2-1-3-17(19)22(25,26)21(31)33/h1-4,7,10-11,13,15H,5-6,8-9,12H2,(H,30,32)/t13-,15-. The Morgan fingerprint density at radius 1 is 1.09 bits per heavy atom. The summed E-state index contributed by atoms with van der Waals surface area (Å²) in [7, 11) is 0. The summed E-state index contributed by atoms with van der Waals surface area (Å²) in [6.07, 6.45) is -2.45. The zero-order valence-electron chi connectivity index (χ0n) is 17.3. The van der Waals surface area contributed by atoms with Crippen molar-refractivity contribution in [3.8, 4) is 0 Å². The summed E-state index contributed by atoms with van der Waals surface area (Å²) in [6.45, 7) is 0.144. The molecular formula is C23H20ClF5N2O2. The minimum Gasteiger partial charge on any atom is -0.349 e. The van der Waals surface area contributed by atoms with Crippen molar-refractivity contribution in [2.24, 2.45) is 5.92 Å². The van der Waals surface area contributed by atoms with E-state index >= 15 is 0 Å². The Balaban J connectivity index is 1.37. The van der Waals surface area contributed by atoms with E-state index in [1.807, 2.05) is 0 Å². The second kappa shape index (κ2) is 8.59. The normalized spacial score (nSPS) is 22.2. The number of rotatable bonds is 4. The summed E-state index contributed by atoms with van der Waals surface area (Å²) in [6, 6.07) is 8.10. The first-order chi connectivity index (χ1) is 15.5. The third-order valence-corrected chi connectivity index (χ3v) is 6.54. The fourth-order valence-corrected chi connectivity index (χ4v) is 4.64. The van der Waals surface area contributed by atoms with Crippen LogP contribution >= 0.6 is 11.6 Å². The van der Waals surface area contributed by atoms with Crippen LogP contribution in [0, 0.1) is 5.92 Å². The zero-order chi connectivity index (χ0) is 24.0. The first-order valence-corrected chi connectivity index (χ1v) is 10.8. The number of hydrogen-bond acceptors (Lipinski definition) is 2. The number of nitrogens with one attached hydrogen (secondary N) is 1. The van der Waals surface area contributed by atoms with Crippen LogP contribution in [0.25, 0.3) is 0 Å². The van der Waals surface area contributed by atoms with Crippen LogP contribution < -0.4 is 10.2 Å². The number of fused-ring (bicyclic) bond motifs is 1. The first-order valence-electron chi connectivity index (χ1n) is 10.5. The molecule has 1 heterocycles.